The largest absolute Gasteiger partial charge is 0.486 e. The molecular formula is C48H49BrF2N14O5. The highest BCUT2D eigenvalue weighted by Crippen LogP contribution is 2.41. The number of fused-ring (bicyclic) bond motifs is 2. The minimum absolute atomic E-state index is 0.0203. The number of nitrogens with two attached hydrogens (primary N) is 1. The zero-order chi connectivity index (χ0) is 49.4. The molecule has 70 heavy (non-hydrogen) atoms. The lowest BCUT2D eigenvalue weighted by Gasteiger charge is -2.34. The third-order valence-electron chi connectivity index (χ3n) is 12.4. The van der Waals surface area contributed by atoms with E-state index in [4.69, 9.17) is 30.2 Å². The predicted octanol–water partition coefficient (Wildman–Crippen LogP) is 7.10. The SMILES string of the molecule is C=C(COC(=O)N1CCN(c2nc(NCc3nc4cc(C)c(C)cc4[nH]3)n3ncc(Br)c3n2)CC1)C(=O)N(C)CCOc1c(N)ncnc1-c1cc(F)cc(NC(=O)c2ccc(C3CC3)cc2F)c1C. The van der Waals surface area contributed by atoms with Gasteiger partial charge in [-0.25, -0.2) is 28.5 Å². The van der Waals surface area contributed by atoms with Crippen molar-refractivity contribution in [3.8, 4) is 17.0 Å². The van der Waals surface area contributed by atoms with Crippen LogP contribution in [0.15, 0.2) is 71.6 Å². The van der Waals surface area contributed by atoms with Crippen molar-refractivity contribution >= 4 is 73.9 Å². The van der Waals surface area contributed by atoms with Crippen LogP contribution in [0.3, 0.4) is 0 Å². The fourth-order valence-electron chi connectivity index (χ4n) is 8.06. The molecule has 7 aromatic rings. The number of halogens is 3. The first-order chi connectivity index (χ1) is 33.6. The van der Waals surface area contributed by atoms with Gasteiger partial charge in [0.25, 0.3) is 11.8 Å². The fourth-order valence-corrected chi connectivity index (χ4v) is 8.41. The molecule has 9 rings (SSSR count). The van der Waals surface area contributed by atoms with Gasteiger partial charge in [0.2, 0.25) is 11.9 Å². The second kappa shape index (κ2) is 19.7. The van der Waals surface area contributed by atoms with Crippen molar-refractivity contribution in [2.75, 3.05) is 74.3 Å². The highest BCUT2D eigenvalue weighted by atomic mass is 79.9. The summed E-state index contributed by atoms with van der Waals surface area (Å²) >= 11 is 3.54. The number of hydrogen-bond donors (Lipinski definition) is 4. The third kappa shape index (κ3) is 10.0. The van der Waals surface area contributed by atoms with Gasteiger partial charge in [0.15, 0.2) is 17.2 Å². The Bertz CT molecular complexity index is 3170. The lowest BCUT2D eigenvalue weighted by atomic mass is 10.0. The van der Waals surface area contributed by atoms with Crippen LogP contribution in [0.5, 0.6) is 5.75 Å². The lowest BCUT2D eigenvalue weighted by Crippen LogP contribution is -2.49. The molecule has 2 fully saturated rings. The van der Waals surface area contributed by atoms with E-state index in [9.17, 15) is 18.8 Å². The summed E-state index contributed by atoms with van der Waals surface area (Å²) in [5.41, 5.74) is 12.5. The number of amides is 3. The smallest absolute Gasteiger partial charge is 0.410 e. The van der Waals surface area contributed by atoms with Crippen molar-refractivity contribution in [1.82, 2.24) is 49.3 Å². The number of piperazine rings is 1. The van der Waals surface area contributed by atoms with E-state index < -0.39 is 29.5 Å². The summed E-state index contributed by atoms with van der Waals surface area (Å²) in [6.45, 7) is 11.0. The minimum Gasteiger partial charge on any atom is -0.486 e. The number of nitrogen functional groups attached to an aromatic ring is 1. The van der Waals surface area contributed by atoms with Gasteiger partial charge in [-0.05, 0) is 114 Å². The third-order valence-corrected chi connectivity index (χ3v) is 12.9. The average Bonchev–Trinajstić information content (AvgIpc) is 4.03. The summed E-state index contributed by atoms with van der Waals surface area (Å²) in [5, 5.41) is 10.4. The number of aryl methyl sites for hydroxylation is 2. The number of nitrogens with zero attached hydrogens (tertiary/aromatic N) is 10. The molecule has 0 radical (unpaired) electrons. The average molecular weight is 1020 g/mol. The molecule has 1 aliphatic heterocycles. The summed E-state index contributed by atoms with van der Waals surface area (Å²) in [4.78, 5) is 70.5. The first kappa shape index (κ1) is 47.3. The molecule has 1 saturated carbocycles. The number of carbonyl (C=O) groups excluding carboxylic acids is 3. The molecular weight excluding hydrogens is 971 g/mol. The lowest BCUT2D eigenvalue weighted by molar-refractivity contribution is -0.126. The standard InChI is InChI=1S/C48H49BrF2N14O5/c1-25-16-37-38(17-26(25)2)58-39(57-37)22-53-46-61-47(60-43-34(49)21-56-65(43)46)63-10-12-64(13-11-63)48(68)70-23-27(3)45(67)62(5)14-15-69-41-40(54-24-55-42(41)52)33-19-31(50)20-36(28(33)4)59-44(66)32-9-8-30(18-35(32)51)29-6-7-29/h8-9,16-21,24,29H,3,6-7,10-15,22-23H2,1-2,4-5H3,(H,57,58)(H,59,66)(H2,52,54,55)(H,53,60,61). The fraction of sp³-hybridized carbons (Fsp3) is 0.312. The number of nitrogens with one attached hydrogen (secondary N) is 3. The van der Waals surface area contributed by atoms with Crippen LogP contribution >= 0.6 is 15.9 Å². The van der Waals surface area contributed by atoms with Gasteiger partial charge in [-0.1, -0.05) is 12.6 Å². The van der Waals surface area contributed by atoms with Crippen molar-refractivity contribution in [3.63, 3.8) is 0 Å². The number of imidazole rings is 1. The van der Waals surface area contributed by atoms with E-state index in [2.05, 4.69) is 79.2 Å². The van der Waals surface area contributed by atoms with Crippen molar-refractivity contribution in [3.05, 3.63) is 117 Å². The van der Waals surface area contributed by atoms with Crippen LogP contribution in [0.1, 0.15) is 57.2 Å². The maximum atomic E-state index is 15.1. The molecule has 5 N–H and O–H groups in total. The maximum absolute atomic E-state index is 15.1. The van der Waals surface area contributed by atoms with E-state index in [0.717, 1.165) is 46.9 Å². The van der Waals surface area contributed by atoms with E-state index >= 15 is 4.39 Å². The molecule has 19 nitrogen and oxygen atoms in total. The Balaban J connectivity index is 0.763. The van der Waals surface area contributed by atoms with Crippen LogP contribution in [0, 0.1) is 32.4 Å². The van der Waals surface area contributed by atoms with Gasteiger partial charge < -0.3 is 45.5 Å². The number of carbonyl (C=O) groups is 3. The molecule has 5 heterocycles. The van der Waals surface area contributed by atoms with Gasteiger partial charge in [0.05, 0.1) is 40.4 Å². The van der Waals surface area contributed by atoms with Gasteiger partial charge in [-0.15, -0.1) is 0 Å². The molecule has 4 aromatic heterocycles. The molecule has 362 valence electrons. The molecule has 0 spiro atoms. The number of likely N-dealkylation sites (N-methyl/N-ethyl adjacent to an activating group) is 1. The Hall–Kier alpha value is -7.75. The second-order valence-electron chi connectivity index (χ2n) is 17.3. The number of hydrogen-bond acceptors (Lipinski definition) is 14. The number of H-pyrrole nitrogens is 1. The van der Waals surface area contributed by atoms with Crippen LogP contribution in [-0.4, -0.2) is 120 Å². The van der Waals surface area contributed by atoms with Crippen LogP contribution in [0.2, 0.25) is 0 Å². The van der Waals surface area contributed by atoms with Crippen molar-refractivity contribution in [1.29, 1.82) is 0 Å². The van der Waals surface area contributed by atoms with Gasteiger partial charge in [-0.3, -0.25) is 9.59 Å². The Morgan fingerprint density at radius 3 is 2.53 bits per heavy atom. The van der Waals surface area contributed by atoms with Gasteiger partial charge in [0, 0.05) is 50.1 Å². The van der Waals surface area contributed by atoms with Crippen molar-refractivity contribution in [2.24, 2.45) is 0 Å². The normalized spacial score (nSPS) is 13.7. The zero-order valence-electron chi connectivity index (χ0n) is 38.8. The van der Waals surface area contributed by atoms with E-state index in [1.165, 1.54) is 46.9 Å². The topological polar surface area (TPSA) is 227 Å². The molecule has 2 aliphatic rings. The highest BCUT2D eigenvalue weighted by Gasteiger charge is 2.28. The van der Waals surface area contributed by atoms with Crippen LogP contribution in [0.4, 0.5) is 37.0 Å². The molecule has 3 amide bonds. The first-order valence-corrected chi connectivity index (χ1v) is 23.3. The summed E-state index contributed by atoms with van der Waals surface area (Å²) < 4.78 is 43.9. The molecule has 1 aliphatic carbocycles. The first-order valence-electron chi connectivity index (χ1n) is 22.5. The molecule has 1 saturated heterocycles. The van der Waals surface area contributed by atoms with E-state index in [1.807, 2.05) is 4.90 Å². The quantitative estimate of drug-likeness (QED) is 0.0752. The zero-order valence-corrected chi connectivity index (χ0v) is 40.4. The Labute approximate surface area is 408 Å². The van der Waals surface area contributed by atoms with Crippen LogP contribution in [-0.2, 0) is 16.1 Å². The highest BCUT2D eigenvalue weighted by molar-refractivity contribution is 9.10. The summed E-state index contributed by atoms with van der Waals surface area (Å²) in [5.74, 6) is -0.672. The van der Waals surface area contributed by atoms with Gasteiger partial charge >= 0.3 is 6.09 Å². The number of anilines is 4. The summed E-state index contributed by atoms with van der Waals surface area (Å²) in [6, 6.07) is 11.0. The molecule has 22 heteroatoms. The number of aromatic nitrogens is 8. The predicted molar refractivity (Wildman–Crippen MR) is 262 cm³/mol. The molecule has 3 aromatic carbocycles. The van der Waals surface area contributed by atoms with Gasteiger partial charge in [-0.2, -0.15) is 19.6 Å². The molecule has 0 unspecified atom stereocenters. The van der Waals surface area contributed by atoms with Crippen molar-refractivity contribution in [2.45, 2.75) is 46.1 Å². The van der Waals surface area contributed by atoms with Crippen LogP contribution < -0.4 is 26.0 Å². The van der Waals surface area contributed by atoms with E-state index in [0.29, 0.717) is 66.2 Å². The number of rotatable bonds is 15. The molecule has 0 bridgehead atoms. The minimum atomic E-state index is -0.741. The van der Waals surface area contributed by atoms with Gasteiger partial charge in [0.1, 0.15) is 42.7 Å². The summed E-state index contributed by atoms with van der Waals surface area (Å²) in [6.07, 6.45) is 4.20. The monoisotopic (exact) mass is 1020 g/mol. The van der Waals surface area contributed by atoms with Crippen LogP contribution in [0.25, 0.3) is 27.9 Å². The number of benzene rings is 3. The maximum Gasteiger partial charge on any atom is 0.410 e. The Kier molecular flexibility index (Phi) is 13.3. The second-order valence-corrected chi connectivity index (χ2v) is 18.2. The Morgan fingerprint density at radius 2 is 1.77 bits per heavy atom. The molecule has 0 atom stereocenters. The van der Waals surface area contributed by atoms with Crippen molar-refractivity contribution < 1.29 is 32.6 Å². The summed E-state index contributed by atoms with van der Waals surface area (Å²) in [7, 11) is 1.53. The van der Waals surface area contributed by atoms with E-state index in [-0.39, 0.29) is 59.4 Å². The Morgan fingerprint density at radius 1 is 1.00 bits per heavy atom. The van der Waals surface area contributed by atoms with E-state index in [1.54, 1.807) is 23.7 Å². The number of ether oxygens (including phenoxy) is 2. The number of aromatic amines is 1.